The number of carbonyl (C=O) groups is 1. The van der Waals surface area contributed by atoms with Crippen molar-refractivity contribution in [3.05, 3.63) is 73.6 Å². The Hall–Kier alpha value is -3.70. The molecule has 4 rings (SSSR count). The topological polar surface area (TPSA) is 115 Å². The zero-order chi connectivity index (χ0) is 23.2. The molecule has 4 aromatic rings. The van der Waals surface area contributed by atoms with Crippen LogP contribution in [0.5, 0.6) is 16.8 Å². The van der Waals surface area contributed by atoms with E-state index in [9.17, 15) is 23.9 Å². The van der Waals surface area contributed by atoms with Crippen molar-refractivity contribution >= 4 is 44.7 Å². The number of ether oxygens (including phenoxy) is 1. The Morgan fingerprint density at radius 1 is 1.19 bits per heavy atom. The van der Waals surface area contributed by atoms with Crippen LogP contribution in [0, 0.1) is 5.82 Å². The molecule has 0 radical (unpaired) electrons. The number of hydrogen-bond donors (Lipinski definition) is 2. The minimum absolute atomic E-state index is 0.0335. The van der Waals surface area contributed by atoms with Gasteiger partial charge in [-0.25, -0.2) is 14.2 Å². The summed E-state index contributed by atoms with van der Waals surface area (Å²) in [5.74, 6) is -1.76. The van der Waals surface area contributed by atoms with E-state index in [0.29, 0.717) is 21.7 Å². The molecule has 0 bridgehead atoms. The van der Waals surface area contributed by atoms with Crippen LogP contribution in [0.15, 0.2) is 46.0 Å². The van der Waals surface area contributed by atoms with Crippen LogP contribution >= 0.6 is 22.9 Å². The monoisotopic (exact) mass is 476 g/mol. The molecule has 0 saturated heterocycles. The van der Waals surface area contributed by atoms with Gasteiger partial charge in [0.1, 0.15) is 11.6 Å². The molecule has 0 saturated carbocycles. The predicted molar refractivity (Wildman–Crippen MR) is 118 cm³/mol. The smallest absolute Gasteiger partial charge is 0.333 e. The molecule has 0 fully saturated rings. The molecule has 2 heterocycles. The number of nitrogens with one attached hydrogen (secondary N) is 1. The summed E-state index contributed by atoms with van der Waals surface area (Å²) >= 11 is 6.91. The van der Waals surface area contributed by atoms with Gasteiger partial charge in [-0.2, -0.15) is 0 Å². The van der Waals surface area contributed by atoms with Gasteiger partial charge in [0.2, 0.25) is 5.88 Å². The second-order valence-corrected chi connectivity index (χ2v) is 8.10. The highest BCUT2D eigenvalue weighted by atomic mass is 35.5. The average Bonchev–Trinajstić information content (AvgIpc) is 3.13. The molecule has 0 unspecified atom stereocenters. The molecule has 2 N–H and O–H groups in total. The Labute approximate surface area is 187 Å². The minimum Gasteiger partial charge on any atom is -0.494 e. The molecule has 12 heteroatoms. The Morgan fingerprint density at radius 3 is 2.56 bits per heavy atom. The summed E-state index contributed by atoms with van der Waals surface area (Å²) in [4.78, 5) is 40.8. The van der Waals surface area contributed by atoms with Crippen LogP contribution in [0.1, 0.15) is 10.4 Å². The minimum atomic E-state index is -0.921. The van der Waals surface area contributed by atoms with Crippen LogP contribution in [0.4, 0.5) is 10.1 Å². The highest BCUT2D eigenvalue weighted by Gasteiger charge is 2.22. The zero-order valence-corrected chi connectivity index (χ0v) is 18.1. The summed E-state index contributed by atoms with van der Waals surface area (Å²) in [6.07, 6.45) is 0. The van der Waals surface area contributed by atoms with Gasteiger partial charge in [-0.1, -0.05) is 22.9 Å². The van der Waals surface area contributed by atoms with E-state index >= 15 is 0 Å². The first-order valence-corrected chi connectivity index (χ1v) is 10.2. The van der Waals surface area contributed by atoms with Crippen LogP contribution < -0.4 is 21.3 Å². The molecule has 164 valence electrons. The highest BCUT2D eigenvalue weighted by molar-refractivity contribution is 7.20. The summed E-state index contributed by atoms with van der Waals surface area (Å²) < 4.78 is 21.4. The van der Waals surface area contributed by atoms with Crippen molar-refractivity contribution in [2.24, 2.45) is 14.1 Å². The number of hydrogen-bond acceptors (Lipinski definition) is 7. The number of thiazole rings is 1. The maximum Gasteiger partial charge on any atom is 0.333 e. The van der Waals surface area contributed by atoms with Gasteiger partial charge in [0, 0.05) is 19.8 Å². The van der Waals surface area contributed by atoms with Gasteiger partial charge in [0.05, 0.1) is 15.2 Å². The van der Waals surface area contributed by atoms with Crippen LogP contribution in [0.2, 0.25) is 5.02 Å². The van der Waals surface area contributed by atoms with Gasteiger partial charge in [-0.05, 0) is 36.4 Å². The number of benzene rings is 2. The van der Waals surface area contributed by atoms with Crippen molar-refractivity contribution in [3.63, 3.8) is 0 Å². The zero-order valence-electron chi connectivity index (χ0n) is 16.6. The van der Waals surface area contributed by atoms with Gasteiger partial charge in [0.15, 0.2) is 5.56 Å². The van der Waals surface area contributed by atoms with E-state index < -0.39 is 34.4 Å². The van der Waals surface area contributed by atoms with Crippen molar-refractivity contribution in [1.82, 2.24) is 14.1 Å². The van der Waals surface area contributed by atoms with Crippen LogP contribution in [-0.2, 0) is 14.1 Å². The Kier molecular flexibility index (Phi) is 5.45. The summed E-state index contributed by atoms with van der Waals surface area (Å²) in [5.41, 5.74) is -1.43. The Morgan fingerprint density at radius 2 is 1.88 bits per heavy atom. The van der Waals surface area contributed by atoms with Crippen molar-refractivity contribution in [1.29, 1.82) is 0 Å². The molecule has 0 aliphatic heterocycles. The van der Waals surface area contributed by atoms with Gasteiger partial charge in [-0.15, -0.1) is 0 Å². The summed E-state index contributed by atoms with van der Waals surface area (Å²) in [5, 5.41) is 12.8. The highest BCUT2D eigenvalue weighted by Crippen LogP contribution is 2.34. The van der Waals surface area contributed by atoms with Crippen LogP contribution in [0.25, 0.3) is 10.2 Å². The first-order chi connectivity index (χ1) is 15.2. The fraction of sp³-hybridized carbons (Fsp3) is 0.100. The number of fused-ring (bicyclic) bond motifs is 1. The fourth-order valence-corrected chi connectivity index (χ4v) is 3.88. The van der Waals surface area contributed by atoms with Crippen molar-refractivity contribution < 1.29 is 19.0 Å². The lowest BCUT2D eigenvalue weighted by atomic mass is 10.2. The lowest BCUT2D eigenvalue weighted by Gasteiger charge is -2.11. The van der Waals surface area contributed by atoms with E-state index in [2.05, 4.69) is 10.3 Å². The number of rotatable bonds is 4. The normalized spacial score (nSPS) is 11.0. The first kappa shape index (κ1) is 21.5. The molecule has 0 spiro atoms. The van der Waals surface area contributed by atoms with E-state index in [1.54, 1.807) is 12.1 Å². The second kappa shape index (κ2) is 8.09. The van der Waals surface area contributed by atoms with E-state index in [-0.39, 0.29) is 10.2 Å². The van der Waals surface area contributed by atoms with Gasteiger partial charge < -0.3 is 15.2 Å². The molecular formula is C20H14ClFN4O5S. The largest absolute Gasteiger partial charge is 0.494 e. The third-order valence-corrected chi connectivity index (χ3v) is 5.77. The maximum absolute atomic E-state index is 13.6. The van der Waals surface area contributed by atoms with Crippen LogP contribution in [-0.4, -0.2) is 25.1 Å². The van der Waals surface area contributed by atoms with Crippen molar-refractivity contribution in [3.8, 4) is 16.8 Å². The lowest BCUT2D eigenvalue weighted by Crippen LogP contribution is -2.40. The van der Waals surface area contributed by atoms with E-state index in [1.165, 1.54) is 38.4 Å². The third-order valence-electron chi connectivity index (χ3n) is 4.59. The molecule has 1 amide bonds. The quantitative estimate of drug-likeness (QED) is 0.467. The van der Waals surface area contributed by atoms with Crippen molar-refractivity contribution in [2.45, 2.75) is 0 Å². The number of halogens is 2. The number of aromatic hydroxyl groups is 1. The molecule has 0 aliphatic rings. The van der Waals surface area contributed by atoms with Gasteiger partial charge >= 0.3 is 5.69 Å². The van der Waals surface area contributed by atoms with Crippen LogP contribution in [0.3, 0.4) is 0 Å². The first-order valence-electron chi connectivity index (χ1n) is 8.99. The second-order valence-electron chi connectivity index (χ2n) is 6.70. The molecule has 9 nitrogen and oxygen atoms in total. The van der Waals surface area contributed by atoms with E-state index in [4.69, 9.17) is 16.3 Å². The Balaban J connectivity index is 1.53. The standard InChI is InChI=1S/C20H14ClFN4O5S/c1-25-17(28)15(18(29)26(2)20(25)30)16(27)23-9-3-5-10(6-4-9)31-19-24-13-7-11(21)12(22)8-14(13)32-19/h3-8,28H,1-2H3,(H,23,27). The maximum atomic E-state index is 13.6. The third kappa shape index (κ3) is 3.83. The molecule has 2 aromatic heterocycles. The average molecular weight is 477 g/mol. The van der Waals surface area contributed by atoms with Gasteiger partial charge in [-0.3, -0.25) is 18.7 Å². The number of carbonyl (C=O) groups excluding carboxylic acids is 1. The lowest BCUT2D eigenvalue weighted by molar-refractivity contribution is 0.102. The molecular weight excluding hydrogens is 463 g/mol. The fourth-order valence-electron chi connectivity index (χ4n) is 2.88. The number of amides is 1. The number of aromatic nitrogens is 3. The van der Waals surface area contributed by atoms with Gasteiger partial charge in [0.25, 0.3) is 16.7 Å². The SMILES string of the molecule is Cn1c(O)c(C(=O)Nc2ccc(Oc3nc4cc(Cl)c(F)cc4s3)cc2)c(=O)n(C)c1=O. The predicted octanol–water partition coefficient (Wildman–Crippen LogP) is 3.24. The Bertz CT molecular complexity index is 1450. The summed E-state index contributed by atoms with van der Waals surface area (Å²) in [7, 11) is 2.45. The summed E-state index contributed by atoms with van der Waals surface area (Å²) in [6.45, 7) is 0. The van der Waals surface area contributed by atoms with E-state index in [1.807, 2.05) is 0 Å². The van der Waals surface area contributed by atoms with Crippen molar-refractivity contribution in [2.75, 3.05) is 5.32 Å². The number of anilines is 1. The molecule has 32 heavy (non-hydrogen) atoms. The van der Waals surface area contributed by atoms with E-state index in [0.717, 1.165) is 20.5 Å². The molecule has 0 aliphatic carbocycles. The molecule has 2 aromatic carbocycles. The summed E-state index contributed by atoms with van der Waals surface area (Å²) in [6, 6.07) is 8.82. The number of nitrogens with zero attached hydrogens (tertiary/aromatic N) is 3. The molecule has 0 atom stereocenters.